The number of guanidine groups is 1. The topological polar surface area (TPSA) is 45.6 Å². The molecule has 102 valence electrons. The van der Waals surface area contributed by atoms with E-state index in [9.17, 15) is 0 Å². The van der Waals surface area contributed by atoms with Crippen molar-refractivity contribution in [3.63, 3.8) is 0 Å². The largest absolute Gasteiger partial charge is 0.497 e. The van der Waals surface area contributed by atoms with E-state index in [4.69, 9.17) is 4.74 Å². The van der Waals surface area contributed by atoms with E-state index in [1.165, 1.54) is 11.1 Å². The van der Waals surface area contributed by atoms with E-state index in [0.717, 1.165) is 30.5 Å². The summed E-state index contributed by atoms with van der Waals surface area (Å²) in [6.07, 6.45) is 0. The van der Waals surface area contributed by atoms with Crippen LogP contribution >= 0.6 is 0 Å². The van der Waals surface area contributed by atoms with Crippen molar-refractivity contribution in [1.82, 2.24) is 5.32 Å². The summed E-state index contributed by atoms with van der Waals surface area (Å²) in [5.41, 5.74) is 3.39. The molecule has 0 saturated heterocycles. The van der Waals surface area contributed by atoms with Gasteiger partial charge >= 0.3 is 0 Å². The number of benzene rings is 2. The molecule has 1 aliphatic rings. The average Bonchev–Trinajstić information content (AvgIpc) is 3.01. The number of hydrogen-bond donors (Lipinski definition) is 2. The molecule has 0 radical (unpaired) electrons. The standard InChI is InChI=1S/C16H17N3O/c1-20-15-8-4-13(5-9-15)12-2-6-14(7-3-12)19-16-17-10-11-18-16/h2-9H,10-11H2,1H3,(H2,17,18,19). The summed E-state index contributed by atoms with van der Waals surface area (Å²) in [5.74, 6) is 1.72. The normalized spacial score (nSPS) is 13.6. The molecule has 3 rings (SSSR count). The SMILES string of the molecule is COc1ccc(-c2ccc(NC3=NCCN3)cc2)cc1. The molecule has 2 aromatic rings. The molecule has 0 unspecified atom stereocenters. The van der Waals surface area contributed by atoms with Crippen LogP contribution in [0.4, 0.5) is 5.69 Å². The predicted molar refractivity (Wildman–Crippen MR) is 82.4 cm³/mol. The van der Waals surface area contributed by atoms with Crippen molar-refractivity contribution in [2.24, 2.45) is 4.99 Å². The number of nitrogens with zero attached hydrogens (tertiary/aromatic N) is 1. The van der Waals surface area contributed by atoms with Crippen molar-refractivity contribution < 1.29 is 4.74 Å². The van der Waals surface area contributed by atoms with Gasteiger partial charge in [0.15, 0.2) is 5.96 Å². The molecule has 1 heterocycles. The highest BCUT2D eigenvalue weighted by atomic mass is 16.5. The quantitative estimate of drug-likeness (QED) is 0.899. The zero-order chi connectivity index (χ0) is 13.8. The van der Waals surface area contributed by atoms with Crippen molar-refractivity contribution in [2.45, 2.75) is 0 Å². The van der Waals surface area contributed by atoms with Crippen molar-refractivity contribution in [1.29, 1.82) is 0 Å². The second kappa shape index (κ2) is 5.65. The third kappa shape index (κ3) is 2.74. The van der Waals surface area contributed by atoms with Gasteiger partial charge in [-0.3, -0.25) is 4.99 Å². The minimum absolute atomic E-state index is 0.840. The molecular weight excluding hydrogens is 250 g/mol. The van der Waals surface area contributed by atoms with Crippen LogP contribution in [0.2, 0.25) is 0 Å². The Morgan fingerprint density at radius 2 is 1.65 bits per heavy atom. The van der Waals surface area contributed by atoms with E-state index in [2.05, 4.69) is 52.0 Å². The molecule has 2 N–H and O–H groups in total. The number of aliphatic imine (C=N–C) groups is 1. The molecule has 2 aromatic carbocycles. The third-order valence-electron chi connectivity index (χ3n) is 3.25. The molecule has 0 aliphatic carbocycles. The highest BCUT2D eigenvalue weighted by Gasteiger charge is 2.05. The Morgan fingerprint density at radius 3 is 2.20 bits per heavy atom. The molecule has 0 bridgehead atoms. The van der Waals surface area contributed by atoms with Crippen LogP contribution in [-0.2, 0) is 0 Å². The molecule has 0 aromatic heterocycles. The molecule has 4 heteroatoms. The van der Waals surface area contributed by atoms with Gasteiger partial charge in [0.25, 0.3) is 0 Å². The minimum Gasteiger partial charge on any atom is -0.497 e. The van der Waals surface area contributed by atoms with E-state index in [0.29, 0.717) is 0 Å². The van der Waals surface area contributed by atoms with Crippen molar-refractivity contribution in [3.05, 3.63) is 48.5 Å². The maximum atomic E-state index is 5.17. The Labute approximate surface area is 118 Å². The van der Waals surface area contributed by atoms with Crippen LogP contribution in [0, 0.1) is 0 Å². The third-order valence-corrected chi connectivity index (χ3v) is 3.25. The fraction of sp³-hybridized carbons (Fsp3) is 0.188. The molecule has 0 amide bonds. The van der Waals surface area contributed by atoms with Gasteiger partial charge in [0.2, 0.25) is 0 Å². The zero-order valence-electron chi connectivity index (χ0n) is 11.4. The van der Waals surface area contributed by atoms with E-state index in [1.54, 1.807) is 7.11 Å². The molecule has 0 fully saturated rings. The summed E-state index contributed by atoms with van der Waals surface area (Å²) in [7, 11) is 1.68. The number of anilines is 1. The van der Waals surface area contributed by atoms with Crippen LogP contribution in [0.25, 0.3) is 11.1 Å². The van der Waals surface area contributed by atoms with E-state index < -0.39 is 0 Å². The van der Waals surface area contributed by atoms with Gasteiger partial charge in [0, 0.05) is 12.2 Å². The van der Waals surface area contributed by atoms with Crippen molar-refractivity contribution >= 4 is 11.6 Å². The van der Waals surface area contributed by atoms with Crippen LogP contribution in [0.3, 0.4) is 0 Å². The van der Waals surface area contributed by atoms with Crippen molar-refractivity contribution in [3.8, 4) is 16.9 Å². The summed E-state index contributed by atoms with van der Waals surface area (Å²) in [6, 6.07) is 16.4. The maximum Gasteiger partial charge on any atom is 0.195 e. The van der Waals surface area contributed by atoms with E-state index in [1.807, 2.05) is 12.1 Å². The smallest absolute Gasteiger partial charge is 0.195 e. The average molecular weight is 267 g/mol. The van der Waals surface area contributed by atoms with Gasteiger partial charge in [-0.15, -0.1) is 0 Å². The number of nitrogens with one attached hydrogen (secondary N) is 2. The number of ether oxygens (including phenoxy) is 1. The molecular formula is C16H17N3O. The van der Waals surface area contributed by atoms with Crippen LogP contribution in [0.1, 0.15) is 0 Å². The van der Waals surface area contributed by atoms with Gasteiger partial charge in [-0.05, 0) is 35.4 Å². The van der Waals surface area contributed by atoms with Crippen LogP contribution < -0.4 is 15.4 Å². The Hall–Kier alpha value is -2.49. The molecule has 1 aliphatic heterocycles. The van der Waals surface area contributed by atoms with Crippen LogP contribution in [0.15, 0.2) is 53.5 Å². The first-order chi connectivity index (χ1) is 9.85. The Kier molecular flexibility index (Phi) is 3.54. The van der Waals surface area contributed by atoms with Gasteiger partial charge in [0.05, 0.1) is 13.7 Å². The van der Waals surface area contributed by atoms with Crippen LogP contribution in [-0.4, -0.2) is 26.2 Å². The highest BCUT2D eigenvalue weighted by molar-refractivity contribution is 5.94. The van der Waals surface area contributed by atoms with Crippen molar-refractivity contribution in [2.75, 3.05) is 25.5 Å². The van der Waals surface area contributed by atoms with Gasteiger partial charge in [-0.2, -0.15) is 0 Å². The monoisotopic (exact) mass is 267 g/mol. The summed E-state index contributed by atoms with van der Waals surface area (Å²) >= 11 is 0. The molecule has 0 spiro atoms. The van der Waals surface area contributed by atoms with Gasteiger partial charge in [-0.25, -0.2) is 0 Å². The number of methoxy groups -OCH3 is 1. The first-order valence-corrected chi connectivity index (χ1v) is 6.65. The Morgan fingerprint density at radius 1 is 1.00 bits per heavy atom. The van der Waals surface area contributed by atoms with E-state index in [-0.39, 0.29) is 0 Å². The summed E-state index contributed by atoms with van der Waals surface area (Å²) in [4.78, 5) is 4.31. The first-order valence-electron chi connectivity index (χ1n) is 6.65. The Balaban J connectivity index is 1.74. The second-order valence-corrected chi connectivity index (χ2v) is 4.59. The lowest BCUT2D eigenvalue weighted by atomic mass is 10.1. The lowest BCUT2D eigenvalue weighted by Crippen LogP contribution is -2.26. The van der Waals surface area contributed by atoms with Gasteiger partial charge in [0.1, 0.15) is 5.75 Å². The molecule has 4 nitrogen and oxygen atoms in total. The summed E-state index contributed by atoms with van der Waals surface area (Å²) < 4.78 is 5.17. The lowest BCUT2D eigenvalue weighted by Gasteiger charge is -2.08. The number of hydrogen-bond acceptors (Lipinski definition) is 4. The Bertz CT molecular complexity index is 603. The molecule has 0 atom stereocenters. The van der Waals surface area contributed by atoms with E-state index >= 15 is 0 Å². The fourth-order valence-electron chi connectivity index (χ4n) is 2.15. The fourth-order valence-corrected chi connectivity index (χ4v) is 2.15. The summed E-state index contributed by atoms with van der Waals surface area (Å²) in [6.45, 7) is 1.75. The predicted octanol–water partition coefficient (Wildman–Crippen LogP) is 2.73. The maximum absolute atomic E-state index is 5.17. The van der Waals surface area contributed by atoms with Crippen LogP contribution in [0.5, 0.6) is 5.75 Å². The van der Waals surface area contributed by atoms with Gasteiger partial charge < -0.3 is 15.4 Å². The zero-order valence-corrected chi connectivity index (χ0v) is 11.4. The highest BCUT2D eigenvalue weighted by Crippen LogP contribution is 2.23. The minimum atomic E-state index is 0.840. The van der Waals surface area contributed by atoms with Gasteiger partial charge in [-0.1, -0.05) is 24.3 Å². The second-order valence-electron chi connectivity index (χ2n) is 4.59. The number of rotatable bonds is 3. The molecule has 20 heavy (non-hydrogen) atoms. The summed E-state index contributed by atoms with van der Waals surface area (Å²) in [5, 5.41) is 6.45. The lowest BCUT2D eigenvalue weighted by molar-refractivity contribution is 0.415. The molecule has 0 saturated carbocycles. The first kappa shape index (κ1) is 12.5.